The molecule has 0 radical (unpaired) electrons. The number of methoxy groups -OCH3 is 3. The van der Waals surface area contributed by atoms with Crippen molar-refractivity contribution in [1.29, 1.82) is 0 Å². The van der Waals surface area contributed by atoms with Gasteiger partial charge in [0, 0.05) is 16.0 Å². The summed E-state index contributed by atoms with van der Waals surface area (Å²) in [5, 5.41) is 0. The summed E-state index contributed by atoms with van der Waals surface area (Å²) in [5.41, 5.74) is 11.7. The topological polar surface area (TPSA) is 91.8 Å². The Bertz CT molecular complexity index is 736. The number of hydrogen-bond donors (Lipinski definition) is 3. The summed E-state index contributed by atoms with van der Waals surface area (Å²) in [6.07, 6.45) is 2.03. The maximum Gasteiger partial charge on any atom is 0.203 e. The number of hydrazine groups is 1. The maximum absolute atomic E-state index is 6.37. The second kappa shape index (κ2) is 8.55. The quantitative estimate of drug-likeness (QED) is 0.302. The summed E-state index contributed by atoms with van der Waals surface area (Å²) in [4.78, 5) is 1.16. The summed E-state index contributed by atoms with van der Waals surface area (Å²) in [5.74, 6) is 7.28. The molecule has 6 nitrogen and oxygen atoms in total. The Kier molecular flexibility index (Phi) is 6.44. The normalized spacial score (nSPS) is 11.6. The Hall–Kier alpha value is -2.51. The molecule has 0 unspecified atom stereocenters. The van der Waals surface area contributed by atoms with Gasteiger partial charge < -0.3 is 25.4 Å². The molecule has 7 heteroatoms. The summed E-state index contributed by atoms with van der Waals surface area (Å²) < 4.78 is 16.1. The van der Waals surface area contributed by atoms with Gasteiger partial charge in [0.15, 0.2) is 11.5 Å². The molecule has 5 N–H and O–H groups in total. The van der Waals surface area contributed by atoms with E-state index in [0.29, 0.717) is 34.2 Å². The van der Waals surface area contributed by atoms with Crippen molar-refractivity contribution in [3.8, 4) is 17.2 Å². The molecule has 0 spiro atoms. The van der Waals surface area contributed by atoms with Gasteiger partial charge in [-0.3, -0.25) is 5.84 Å². The van der Waals surface area contributed by atoms with Crippen LogP contribution >= 0.6 is 11.8 Å². The fourth-order valence-corrected chi connectivity index (χ4v) is 2.86. The molecule has 25 heavy (non-hydrogen) atoms. The Morgan fingerprint density at radius 3 is 1.88 bits per heavy atom. The van der Waals surface area contributed by atoms with Gasteiger partial charge in [0.25, 0.3) is 0 Å². The molecule has 0 bridgehead atoms. The number of benzene rings is 2. The summed E-state index contributed by atoms with van der Waals surface area (Å²) in [7, 11) is 4.67. The molecule has 0 heterocycles. The average molecular weight is 361 g/mol. The average Bonchev–Trinajstić information content (AvgIpc) is 2.67. The zero-order valence-electron chi connectivity index (χ0n) is 14.8. The van der Waals surface area contributed by atoms with E-state index in [9.17, 15) is 0 Å². The predicted octanol–water partition coefficient (Wildman–Crippen LogP) is 2.68. The van der Waals surface area contributed by atoms with Crippen LogP contribution in [0.1, 0.15) is 11.1 Å². The molecule has 0 saturated carbocycles. The van der Waals surface area contributed by atoms with Crippen LogP contribution in [-0.4, -0.2) is 27.6 Å². The zero-order chi connectivity index (χ0) is 18.4. The van der Waals surface area contributed by atoms with E-state index in [4.69, 9.17) is 25.8 Å². The van der Waals surface area contributed by atoms with E-state index in [1.165, 1.54) is 0 Å². The lowest BCUT2D eigenvalue weighted by atomic mass is 10.0. The van der Waals surface area contributed by atoms with Crippen LogP contribution in [0.2, 0.25) is 0 Å². The van der Waals surface area contributed by atoms with Crippen molar-refractivity contribution in [3.05, 3.63) is 47.5 Å². The first-order chi connectivity index (χ1) is 12.1. The number of nitrogens with one attached hydrogen (secondary N) is 1. The van der Waals surface area contributed by atoms with Crippen LogP contribution in [0.3, 0.4) is 0 Å². The molecular formula is C18H23N3O3S. The van der Waals surface area contributed by atoms with Crippen LogP contribution in [0.25, 0.3) is 11.4 Å². The Morgan fingerprint density at radius 2 is 1.48 bits per heavy atom. The molecule has 134 valence electrons. The van der Waals surface area contributed by atoms with Crippen molar-refractivity contribution < 1.29 is 14.2 Å². The molecule has 0 aromatic heterocycles. The van der Waals surface area contributed by atoms with Crippen molar-refractivity contribution in [1.82, 2.24) is 5.43 Å². The first kappa shape index (κ1) is 18.8. The number of hydrogen-bond acceptors (Lipinski definition) is 7. The fourth-order valence-electron chi connectivity index (χ4n) is 2.46. The van der Waals surface area contributed by atoms with Crippen LogP contribution in [0.5, 0.6) is 17.2 Å². The molecule has 0 aliphatic carbocycles. The SMILES string of the molecule is COc1cc(/C(N)=C(/NN)c2ccc(SC)cc2)cc(OC)c1OC. The number of thioether (sulfide) groups is 1. The second-order valence-corrected chi connectivity index (χ2v) is 5.96. The first-order valence-corrected chi connectivity index (χ1v) is 8.73. The van der Waals surface area contributed by atoms with E-state index in [-0.39, 0.29) is 0 Å². The lowest BCUT2D eigenvalue weighted by Crippen LogP contribution is -2.23. The first-order valence-electron chi connectivity index (χ1n) is 7.50. The highest BCUT2D eigenvalue weighted by Gasteiger charge is 2.16. The third-order valence-corrected chi connectivity index (χ3v) is 4.51. The van der Waals surface area contributed by atoms with Gasteiger partial charge in [0.2, 0.25) is 5.75 Å². The molecular weight excluding hydrogens is 338 g/mol. The maximum atomic E-state index is 6.37. The van der Waals surface area contributed by atoms with Gasteiger partial charge in [-0.05, 0) is 30.5 Å². The van der Waals surface area contributed by atoms with Crippen molar-refractivity contribution in [2.75, 3.05) is 27.6 Å². The Labute approximate surface area is 152 Å². The standard InChI is InChI=1S/C18H23N3O3S/c1-22-14-9-12(10-15(23-2)18(14)24-3)16(19)17(21-20)11-5-7-13(25-4)8-6-11/h5-10,21H,19-20H2,1-4H3/b17-16-. The monoisotopic (exact) mass is 361 g/mol. The molecule has 0 atom stereocenters. The Morgan fingerprint density at radius 1 is 0.920 bits per heavy atom. The summed E-state index contributed by atoms with van der Waals surface area (Å²) >= 11 is 1.67. The van der Waals surface area contributed by atoms with Gasteiger partial charge in [-0.25, -0.2) is 0 Å². The molecule has 0 aliphatic rings. The molecule has 2 rings (SSSR count). The number of ether oxygens (including phenoxy) is 3. The van der Waals surface area contributed by atoms with E-state index in [1.54, 1.807) is 45.2 Å². The van der Waals surface area contributed by atoms with Crippen LogP contribution < -0.4 is 31.2 Å². The molecule has 0 amide bonds. The van der Waals surface area contributed by atoms with E-state index >= 15 is 0 Å². The van der Waals surface area contributed by atoms with Crippen LogP contribution in [-0.2, 0) is 0 Å². The van der Waals surface area contributed by atoms with E-state index in [2.05, 4.69) is 5.43 Å². The van der Waals surface area contributed by atoms with E-state index in [1.807, 2.05) is 30.5 Å². The van der Waals surface area contributed by atoms with E-state index < -0.39 is 0 Å². The molecule has 0 aliphatic heterocycles. The number of nitrogens with two attached hydrogens (primary N) is 2. The smallest absolute Gasteiger partial charge is 0.203 e. The zero-order valence-corrected chi connectivity index (χ0v) is 15.6. The highest BCUT2D eigenvalue weighted by atomic mass is 32.2. The molecule has 0 fully saturated rings. The Balaban J connectivity index is 2.57. The fraction of sp³-hybridized carbons (Fsp3) is 0.222. The molecule has 0 saturated heterocycles. The molecule has 2 aromatic rings. The van der Waals surface area contributed by atoms with Crippen molar-refractivity contribution in [2.45, 2.75) is 4.90 Å². The van der Waals surface area contributed by atoms with Gasteiger partial charge in [0.1, 0.15) is 0 Å². The number of rotatable bonds is 7. The largest absolute Gasteiger partial charge is 0.493 e. The van der Waals surface area contributed by atoms with Crippen molar-refractivity contribution in [3.63, 3.8) is 0 Å². The molecule has 2 aromatic carbocycles. The minimum atomic E-state index is 0.471. The minimum absolute atomic E-state index is 0.471. The van der Waals surface area contributed by atoms with Gasteiger partial charge in [-0.2, -0.15) is 0 Å². The lowest BCUT2D eigenvalue weighted by Gasteiger charge is -2.17. The van der Waals surface area contributed by atoms with Gasteiger partial charge in [-0.1, -0.05) is 12.1 Å². The third-order valence-electron chi connectivity index (χ3n) is 3.77. The van der Waals surface area contributed by atoms with Crippen molar-refractivity contribution in [2.24, 2.45) is 11.6 Å². The highest BCUT2D eigenvalue weighted by molar-refractivity contribution is 7.98. The van der Waals surface area contributed by atoms with Gasteiger partial charge in [0.05, 0.1) is 32.7 Å². The van der Waals surface area contributed by atoms with Crippen LogP contribution in [0.4, 0.5) is 0 Å². The second-order valence-electron chi connectivity index (χ2n) is 5.08. The summed E-state index contributed by atoms with van der Waals surface area (Å²) in [6.45, 7) is 0. The van der Waals surface area contributed by atoms with Crippen LogP contribution in [0.15, 0.2) is 41.3 Å². The summed E-state index contributed by atoms with van der Waals surface area (Å²) in [6, 6.07) is 11.5. The van der Waals surface area contributed by atoms with Crippen molar-refractivity contribution >= 4 is 23.2 Å². The van der Waals surface area contributed by atoms with Gasteiger partial charge in [-0.15, -0.1) is 11.8 Å². The van der Waals surface area contributed by atoms with Gasteiger partial charge >= 0.3 is 0 Å². The minimum Gasteiger partial charge on any atom is -0.493 e. The third kappa shape index (κ3) is 3.94. The lowest BCUT2D eigenvalue weighted by molar-refractivity contribution is 0.324. The highest BCUT2D eigenvalue weighted by Crippen LogP contribution is 2.40. The predicted molar refractivity (Wildman–Crippen MR) is 103 cm³/mol. The van der Waals surface area contributed by atoms with E-state index in [0.717, 1.165) is 10.5 Å². The van der Waals surface area contributed by atoms with Crippen LogP contribution in [0, 0.1) is 0 Å².